The summed E-state index contributed by atoms with van der Waals surface area (Å²) >= 11 is 3.22. The van der Waals surface area contributed by atoms with Crippen LogP contribution >= 0.6 is 0 Å². The molecule has 0 atom stereocenters. The van der Waals surface area contributed by atoms with Crippen LogP contribution in [0, 0.1) is 0 Å². The number of morpholine rings is 1. The molecule has 4 heteroatoms. The summed E-state index contributed by atoms with van der Waals surface area (Å²) in [5.74, 6) is 0. The van der Waals surface area contributed by atoms with Gasteiger partial charge in [0.05, 0.1) is 0 Å². The summed E-state index contributed by atoms with van der Waals surface area (Å²) < 4.78 is 6.63. The van der Waals surface area contributed by atoms with E-state index >= 15 is 0 Å². The molecule has 1 saturated heterocycles. The van der Waals surface area contributed by atoms with Gasteiger partial charge in [0.1, 0.15) is 0 Å². The van der Waals surface area contributed by atoms with E-state index in [1.165, 1.54) is 4.67 Å². The van der Waals surface area contributed by atoms with Crippen molar-refractivity contribution in [2.75, 3.05) is 26.3 Å². The predicted octanol–water partition coefficient (Wildman–Crippen LogP) is 0.693. The van der Waals surface area contributed by atoms with Crippen LogP contribution in [0.5, 0.6) is 0 Å². The molecule has 0 amide bonds. The Labute approximate surface area is 101 Å². The van der Waals surface area contributed by atoms with E-state index in [1.807, 2.05) is 0 Å². The van der Waals surface area contributed by atoms with E-state index < -0.39 is 0 Å². The molecule has 1 aliphatic rings. The summed E-state index contributed by atoms with van der Waals surface area (Å²) in [5, 5.41) is 0. The van der Waals surface area contributed by atoms with E-state index in [0.717, 1.165) is 26.3 Å². The predicted molar refractivity (Wildman–Crippen MR) is 65.3 cm³/mol. The van der Waals surface area contributed by atoms with Crippen molar-refractivity contribution in [2.24, 2.45) is 0 Å². The second-order valence-corrected chi connectivity index (χ2v) is 5.24. The van der Waals surface area contributed by atoms with Crippen LogP contribution in [-0.2, 0) is 4.74 Å². The van der Waals surface area contributed by atoms with Crippen LogP contribution in [0.3, 0.4) is 0 Å². The Morgan fingerprint density at radius 1 is 1.13 bits per heavy atom. The molecule has 15 heavy (non-hydrogen) atoms. The fraction of sp³-hybridized carbons (Fsp3) is 0.909. The third-order valence-electron chi connectivity index (χ3n) is 2.62. The van der Waals surface area contributed by atoms with Gasteiger partial charge < -0.3 is 0 Å². The summed E-state index contributed by atoms with van der Waals surface area (Å²) in [6.07, 6.45) is 0. The SMILES string of the molecule is CC(C)N(C(=[Se])N1CCOCC1)C(C)C. The molecule has 0 aromatic heterocycles. The first-order chi connectivity index (χ1) is 7.04. The molecule has 88 valence electrons. The van der Waals surface area contributed by atoms with E-state index in [0.29, 0.717) is 12.1 Å². The topological polar surface area (TPSA) is 15.7 Å². The van der Waals surface area contributed by atoms with E-state index in [9.17, 15) is 0 Å². The molecule has 0 N–H and O–H groups in total. The van der Waals surface area contributed by atoms with Crippen LogP contribution in [0.15, 0.2) is 0 Å². The van der Waals surface area contributed by atoms with Gasteiger partial charge in [0.15, 0.2) is 0 Å². The van der Waals surface area contributed by atoms with Gasteiger partial charge in [0, 0.05) is 0 Å². The monoisotopic (exact) mass is 278 g/mol. The van der Waals surface area contributed by atoms with Crippen molar-refractivity contribution in [3.05, 3.63) is 0 Å². The van der Waals surface area contributed by atoms with Crippen molar-refractivity contribution < 1.29 is 4.74 Å². The van der Waals surface area contributed by atoms with Crippen LogP contribution in [0.4, 0.5) is 0 Å². The molecular weight excluding hydrogens is 255 g/mol. The third kappa shape index (κ3) is 3.47. The summed E-state index contributed by atoms with van der Waals surface area (Å²) in [7, 11) is 0. The Morgan fingerprint density at radius 2 is 1.60 bits per heavy atom. The Morgan fingerprint density at radius 3 is 2.00 bits per heavy atom. The first-order valence-electron chi connectivity index (χ1n) is 5.69. The van der Waals surface area contributed by atoms with Gasteiger partial charge in [-0.15, -0.1) is 0 Å². The van der Waals surface area contributed by atoms with E-state index in [-0.39, 0.29) is 0 Å². The first-order valence-corrected chi connectivity index (χ1v) is 6.54. The minimum atomic E-state index is 0.532. The number of hydrogen-bond acceptors (Lipinski definition) is 3. The van der Waals surface area contributed by atoms with Crippen LogP contribution in [0.1, 0.15) is 27.7 Å². The van der Waals surface area contributed by atoms with Crippen LogP contribution in [-0.4, -0.2) is 68.4 Å². The average Bonchev–Trinajstić information content (AvgIpc) is 2.18. The van der Waals surface area contributed by atoms with Crippen molar-refractivity contribution in [1.29, 1.82) is 0 Å². The van der Waals surface area contributed by atoms with Crippen molar-refractivity contribution in [1.82, 2.24) is 9.80 Å². The van der Waals surface area contributed by atoms with E-state index in [2.05, 4.69) is 53.1 Å². The van der Waals surface area contributed by atoms with E-state index in [4.69, 9.17) is 4.74 Å². The third-order valence-corrected chi connectivity index (χ3v) is 3.60. The molecule has 0 aromatic rings. The zero-order valence-electron chi connectivity index (χ0n) is 10.2. The second kappa shape index (κ2) is 5.88. The first kappa shape index (κ1) is 13.0. The van der Waals surface area contributed by atoms with Crippen LogP contribution in [0.2, 0.25) is 0 Å². The van der Waals surface area contributed by atoms with Gasteiger partial charge in [-0.05, 0) is 0 Å². The van der Waals surface area contributed by atoms with Crippen LogP contribution < -0.4 is 0 Å². The maximum atomic E-state index is 5.36. The zero-order chi connectivity index (χ0) is 11.4. The molecule has 0 unspecified atom stereocenters. The maximum absolute atomic E-state index is 5.36. The van der Waals surface area contributed by atoms with Gasteiger partial charge in [0.25, 0.3) is 0 Å². The van der Waals surface area contributed by atoms with Crippen molar-refractivity contribution >= 4 is 20.2 Å². The molecule has 3 nitrogen and oxygen atoms in total. The Hall–Kier alpha value is -0.0505. The molecule has 0 radical (unpaired) electrons. The molecule has 1 fully saturated rings. The Bertz CT molecular complexity index is 205. The molecule has 0 bridgehead atoms. The number of hydrogen-bond donors (Lipinski definition) is 0. The Balaban J connectivity index is 2.62. The van der Waals surface area contributed by atoms with Gasteiger partial charge in [-0.2, -0.15) is 0 Å². The molecule has 0 spiro atoms. The summed E-state index contributed by atoms with van der Waals surface area (Å²) in [5.41, 5.74) is 0. The summed E-state index contributed by atoms with van der Waals surface area (Å²) in [6, 6.07) is 1.06. The van der Waals surface area contributed by atoms with Gasteiger partial charge in [0.2, 0.25) is 0 Å². The quantitative estimate of drug-likeness (QED) is 0.703. The van der Waals surface area contributed by atoms with Gasteiger partial charge in [-0.1, -0.05) is 0 Å². The Kier molecular flexibility index (Phi) is 5.10. The average molecular weight is 277 g/mol. The normalized spacial score (nSPS) is 17.3. The van der Waals surface area contributed by atoms with Gasteiger partial charge in [-0.3, -0.25) is 0 Å². The second-order valence-electron chi connectivity index (χ2n) is 4.48. The summed E-state index contributed by atoms with van der Waals surface area (Å²) in [6.45, 7) is 12.6. The van der Waals surface area contributed by atoms with E-state index in [1.54, 1.807) is 0 Å². The molecule has 0 aromatic carbocycles. The molecule has 1 aliphatic heterocycles. The van der Waals surface area contributed by atoms with Gasteiger partial charge in [-0.25, -0.2) is 0 Å². The number of rotatable bonds is 4. The molecule has 1 heterocycles. The van der Waals surface area contributed by atoms with Crippen molar-refractivity contribution in [3.8, 4) is 0 Å². The van der Waals surface area contributed by atoms with Crippen molar-refractivity contribution in [2.45, 2.75) is 39.8 Å². The fourth-order valence-electron chi connectivity index (χ4n) is 1.96. The molecular formula is C11H22N2OSe. The number of nitrogens with zero attached hydrogens (tertiary/aromatic N) is 2. The fourth-order valence-corrected chi connectivity index (χ4v) is 3.22. The standard InChI is InChI=1S/C11H22N2OSe/c1-9(2)13(10(3)4)11(15)12-5-7-14-8-6-12/h9-10H,5-8H2,1-4H3. The molecule has 0 aliphatic carbocycles. The summed E-state index contributed by atoms with van der Waals surface area (Å²) in [4.78, 5) is 4.80. The minimum absolute atomic E-state index is 0.532. The molecule has 0 saturated carbocycles. The van der Waals surface area contributed by atoms with Crippen LogP contribution in [0.25, 0.3) is 0 Å². The zero-order valence-corrected chi connectivity index (χ0v) is 11.9. The van der Waals surface area contributed by atoms with Gasteiger partial charge >= 0.3 is 101 Å². The molecule has 1 rings (SSSR count). The van der Waals surface area contributed by atoms with Crippen molar-refractivity contribution in [3.63, 3.8) is 0 Å². The number of ether oxygens (including phenoxy) is 1.